The SMILES string of the molecule is CCOc1ccc(NC(=O)NC(=O)COC(=O)c2cc(S(C)(=O)=O)ccc2Cl)cc1OCC. The van der Waals surface area contributed by atoms with Crippen LogP contribution in [0.5, 0.6) is 11.5 Å². The van der Waals surface area contributed by atoms with Crippen LogP contribution < -0.4 is 20.1 Å². The zero-order valence-electron chi connectivity index (χ0n) is 18.1. The van der Waals surface area contributed by atoms with E-state index < -0.39 is 34.4 Å². The number of sulfone groups is 1. The maximum Gasteiger partial charge on any atom is 0.340 e. The quantitative estimate of drug-likeness (QED) is 0.503. The molecule has 2 aromatic carbocycles. The Balaban J connectivity index is 1.95. The fourth-order valence-electron chi connectivity index (χ4n) is 2.55. The Bertz CT molecular complexity index is 1150. The van der Waals surface area contributed by atoms with Crippen LogP contribution in [0.15, 0.2) is 41.3 Å². The van der Waals surface area contributed by atoms with E-state index in [-0.39, 0.29) is 15.5 Å². The molecule has 0 atom stereocenters. The molecule has 0 saturated carbocycles. The zero-order chi connectivity index (χ0) is 24.6. The van der Waals surface area contributed by atoms with Crippen molar-refractivity contribution in [3.8, 4) is 11.5 Å². The Labute approximate surface area is 196 Å². The van der Waals surface area contributed by atoms with Gasteiger partial charge in [0.15, 0.2) is 27.9 Å². The summed E-state index contributed by atoms with van der Waals surface area (Å²) in [5, 5.41) is 4.42. The van der Waals surface area contributed by atoms with E-state index >= 15 is 0 Å². The highest BCUT2D eigenvalue weighted by atomic mass is 35.5. The van der Waals surface area contributed by atoms with Gasteiger partial charge in [-0.2, -0.15) is 0 Å². The zero-order valence-corrected chi connectivity index (χ0v) is 19.7. The summed E-state index contributed by atoms with van der Waals surface area (Å²) < 4.78 is 39.0. The Hall–Kier alpha value is -3.31. The molecule has 0 unspecified atom stereocenters. The van der Waals surface area contributed by atoms with E-state index in [9.17, 15) is 22.8 Å². The summed E-state index contributed by atoms with van der Waals surface area (Å²) >= 11 is 5.92. The standard InChI is InChI=1S/C21H23ClN2O8S/c1-4-30-17-9-6-13(10-18(17)31-5-2)23-21(27)24-19(25)12-32-20(26)15-11-14(33(3,28)29)7-8-16(15)22/h6-11H,4-5,12H2,1-3H3,(H2,23,24,25,27). The predicted molar refractivity (Wildman–Crippen MR) is 121 cm³/mol. The van der Waals surface area contributed by atoms with E-state index in [0.29, 0.717) is 30.4 Å². The smallest absolute Gasteiger partial charge is 0.340 e. The van der Waals surface area contributed by atoms with Crippen LogP contribution in [0.1, 0.15) is 24.2 Å². The van der Waals surface area contributed by atoms with Gasteiger partial charge in [0.05, 0.1) is 28.7 Å². The van der Waals surface area contributed by atoms with Crippen LogP contribution in [-0.4, -0.2) is 52.4 Å². The number of esters is 1. The lowest BCUT2D eigenvalue weighted by Gasteiger charge is -2.13. The minimum Gasteiger partial charge on any atom is -0.490 e. The molecule has 0 aliphatic carbocycles. The molecule has 3 amide bonds. The number of nitrogens with one attached hydrogen (secondary N) is 2. The Morgan fingerprint density at radius 2 is 1.64 bits per heavy atom. The van der Waals surface area contributed by atoms with Crippen molar-refractivity contribution < 1.29 is 37.0 Å². The van der Waals surface area contributed by atoms with E-state index in [2.05, 4.69) is 5.32 Å². The first-order valence-electron chi connectivity index (χ1n) is 9.72. The number of benzene rings is 2. The van der Waals surface area contributed by atoms with Crippen molar-refractivity contribution in [2.75, 3.05) is 31.4 Å². The fourth-order valence-corrected chi connectivity index (χ4v) is 3.40. The topological polar surface area (TPSA) is 137 Å². The molecule has 0 aromatic heterocycles. The third-order valence-electron chi connectivity index (χ3n) is 3.97. The summed E-state index contributed by atoms with van der Waals surface area (Å²) in [5.74, 6) is -1.00. The number of ether oxygens (including phenoxy) is 3. The van der Waals surface area contributed by atoms with Crippen LogP contribution in [0.2, 0.25) is 5.02 Å². The molecule has 178 valence electrons. The molecule has 33 heavy (non-hydrogen) atoms. The first kappa shape index (κ1) is 25.9. The Morgan fingerprint density at radius 3 is 2.27 bits per heavy atom. The van der Waals surface area contributed by atoms with E-state index in [0.717, 1.165) is 12.3 Å². The predicted octanol–water partition coefficient (Wildman–Crippen LogP) is 3.05. The lowest BCUT2D eigenvalue weighted by atomic mass is 10.2. The first-order valence-corrected chi connectivity index (χ1v) is 12.0. The molecular formula is C21H23ClN2O8S. The molecular weight excluding hydrogens is 476 g/mol. The number of amides is 3. The second-order valence-electron chi connectivity index (χ2n) is 6.52. The molecule has 2 rings (SSSR count). The fraction of sp³-hybridized carbons (Fsp3) is 0.286. The number of anilines is 1. The summed E-state index contributed by atoms with van der Waals surface area (Å²) in [7, 11) is -3.58. The molecule has 10 nitrogen and oxygen atoms in total. The van der Waals surface area contributed by atoms with E-state index in [1.807, 2.05) is 12.2 Å². The molecule has 2 N–H and O–H groups in total. The summed E-state index contributed by atoms with van der Waals surface area (Å²) in [6.07, 6.45) is 0.971. The molecule has 2 aromatic rings. The van der Waals surface area contributed by atoms with Crippen molar-refractivity contribution in [1.82, 2.24) is 5.32 Å². The van der Waals surface area contributed by atoms with Gasteiger partial charge in [0.2, 0.25) is 0 Å². The molecule has 0 aliphatic heterocycles. The number of rotatable bonds is 9. The van der Waals surface area contributed by atoms with Crippen LogP contribution in [-0.2, 0) is 19.4 Å². The average molecular weight is 499 g/mol. The molecule has 0 heterocycles. The summed E-state index contributed by atoms with van der Waals surface area (Å²) in [4.78, 5) is 36.1. The average Bonchev–Trinajstić information content (AvgIpc) is 2.73. The molecule has 0 fully saturated rings. The highest BCUT2D eigenvalue weighted by molar-refractivity contribution is 7.90. The number of halogens is 1. The van der Waals surface area contributed by atoms with Gasteiger partial charge in [-0.1, -0.05) is 11.6 Å². The Morgan fingerprint density at radius 1 is 0.970 bits per heavy atom. The molecule has 0 aliphatic rings. The van der Waals surface area contributed by atoms with Gasteiger partial charge in [0, 0.05) is 18.0 Å². The number of hydrogen-bond acceptors (Lipinski definition) is 8. The third kappa shape index (κ3) is 7.65. The van der Waals surface area contributed by atoms with Crippen molar-refractivity contribution in [2.45, 2.75) is 18.7 Å². The van der Waals surface area contributed by atoms with Gasteiger partial charge in [0.1, 0.15) is 0 Å². The highest BCUT2D eigenvalue weighted by Gasteiger charge is 2.18. The first-order chi connectivity index (χ1) is 15.5. The summed E-state index contributed by atoms with van der Waals surface area (Å²) in [5.41, 5.74) is 0.114. The van der Waals surface area contributed by atoms with Crippen LogP contribution >= 0.6 is 11.6 Å². The van der Waals surface area contributed by atoms with Crippen LogP contribution in [0.25, 0.3) is 0 Å². The molecule has 0 saturated heterocycles. The molecule has 0 bridgehead atoms. The van der Waals surface area contributed by atoms with Gasteiger partial charge in [-0.3, -0.25) is 10.1 Å². The second kappa shape index (κ2) is 11.5. The molecule has 12 heteroatoms. The van der Waals surface area contributed by atoms with Crippen LogP contribution in [0.3, 0.4) is 0 Å². The maximum absolute atomic E-state index is 12.2. The number of imide groups is 1. The number of urea groups is 1. The van der Waals surface area contributed by atoms with Crippen molar-refractivity contribution in [3.05, 3.63) is 47.0 Å². The number of hydrogen-bond donors (Lipinski definition) is 2. The van der Waals surface area contributed by atoms with Crippen molar-refractivity contribution in [3.63, 3.8) is 0 Å². The lowest BCUT2D eigenvalue weighted by Crippen LogP contribution is -2.37. The molecule has 0 spiro atoms. The van der Waals surface area contributed by atoms with E-state index in [1.165, 1.54) is 18.2 Å². The second-order valence-corrected chi connectivity index (χ2v) is 8.94. The summed E-state index contributed by atoms with van der Waals surface area (Å²) in [6, 6.07) is 7.37. The normalized spacial score (nSPS) is 10.8. The minimum atomic E-state index is -3.58. The van der Waals surface area contributed by atoms with Crippen molar-refractivity contribution in [2.24, 2.45) is 0 Å². The van der Waals surface area contributed by atoms with Gasteiger partial charge in [-0.05, 0) is 44.2 Å². The monoisotopic (exact) mass is 498 g/mol. The third-order valence-corrected chi connectivity index (χ3v) is 5.41. The highest BCUT2D eigenvalue weighted by Crippen LogP contribution is 2.30. The van der Waals surface area contributed by atoms with Crippen LogP contribution in [0, 0.1) is 0 Å². The van der Waals surface area contributed by atoms with Gasteiger partial charge in [-0.25, -0.2) is 18.0 Å². The number of carbonyl (C=O) groups excluding carboxylic acids is 3. The summed E-state index contributed by atoms with van der Waals surface area (Å²) in [6.45, 7) is 3.65. The largest absolute Gasteiger partial charge is 0.490 e. The maximum atomic E-state index is 12.2. The van der Waals surface area contributed by atoms with E-state index in [1.54, 1.807) is 19.1 Å². The molecule has 0 radical (unpaired) electrons. The lowest BCUT2D eigenvalue weighted by molar-refractivity contribution is -0.123. The van der Waals surface area contributed by atoms with Crippen molar-refractivity contribution in [1.29, 1.82) is 0 Å². The van der Waals surface area contributed by atoms with Gasteiger partial charge in [0.25, 0.3) is 5.91 Å². The minimum absolute atomic E-state index is 0.0499. The van der Waals surface area contributed by atoms with Crippen LogP contribution in [0.4, 0.5) is 10.5 Å². The van der Waals surface area contributed by atoms with Gasteiger partial charge >= 0.3 is 12.0 Å². The van der Waals surface area contributed by atoms with Crippen molar-refractivity contribution >= 4 is 45.0 Å². The number of carbonyl (C=O) groups is 3. The van der Waals surface area contributed by atoms with E-state index in [4.69, 9.17) is 25.8 Å². The Kier molecular flexibility index (Phi) is 9.06. The van der Waals surface area contributed by atoms with Gasteiger partial charge in [-0.15, -0.1) is 0 Å². The van der Waals surface area contributed by atoms with Gasteiger partial charge < -0.3 is 19.5 Å².